The largest absolute Gasteiger partial charge is 0.303 e. The van der Waals surface area contributed by atoms with Crippen LogP contribution in [0.3, 0.4) is 0 Å². The van der Waals surface area contributed by atoms with E-state index in [-0.39, 0.29) is 16.6 Å². The van der Waals surface area contributed by atoms with E-state index >= 15 is 0 Å². The zero-order valence-corrected chi connectivity index (χ0v) is 10.3. The molecule has 1 aromatic rings. The van der Waals surface area contributed by atoms with Crippen LogP contribution in [0.5, 0.6) is 0 Å². The van der Waals surface area contributed by atoms with Crippen molar-refractivity contribution in [2.75, 3.05) is 0 Å². The van der Waals surface area contributed by atoms with Crippen molar-refractivity contribution in [3.05, 3.63) is 32.7 Å². The van der Waals surface area contributed by atoms with E-state index in [1.165, 1.54) is 19.2 Å². The highest BCUT2D eigenvalue weighted by atomic mass is 35.5. The van der Waals surface area contributed by atoms with E-state index in [1.54, 1.807) is 0 Å². The van der Waals surface area contributed by atoms with E-state index < -0.39 is 17.4 Å². The smallest absolute Gasteiger partial charge is 0.269 e. The number of hydrogen-bond acceptors (Lipinski definition) is 3. The lowest BCUT2D eigenvalue weighted by Gasteiger charge is -2.08. The van der Waals surface area contributed by atoms with Gasteiger partial charge >= 0.3 is 0 Å². The third-order valence-electron chi connectivity index (χ3n) is 1.70. The molecule has 0 fully saturated rings. The molecule has 2 N–H and O–H groups in total. The first-order valence-electron chi connectivity index (χ1n) is 4.51. The zero-order valence-electron chi connectivity index (χ0n) is 8.79. The number of rotatable bonds is 2. The van der Waals surface area contributed by atoms with E-state index in [9.17, 15) is 14.4 Å². The highest BCUT2D eigenvalue weighted by Crippen LogP contribution is 2.10. The van der Waals surface area contributed by atoms with Gasteiger partial charge in [0.2, 0.25) is 5.91 Å². The average molecular weight is 278 g/mol. The van der Waals surface area contributed by atoms with Crippen LogP contribution in [0.25, 0.3) is 0 Å². The first kappa shape index (κ1) is 13.5. The van der Waals surface area contributed by atoms with Gasteiger partial charge in [0.05, 0.1) is 5.02 Å². The third-order valence-corrected chi connectivity index (χ3v) is 2.18. The van der Waals surface area contributed by atoms with Gasteiger partial charge in [-0.1, -0.05) is 23.2 Å². The Labute approximate surface area is 106 Å². The molecule has 0 aliphatic rings. The number of pyridine rings is 1. The second-order valence-electron chi connectivity index (χ2n) is 3.17. The molecule has 8 heteroatoms. The molecule has 92 valence electrons. The van der Waals surface area contributed by atoms with Gasteiger partial charge in [0.25, 0.3) is 11.5 Å². The van der Waals surface area contributed by atoms with Crippen LogP contribution >= 0.6 is 23.2 Å². The molecule has 0 saturated carbocycles. The molecule has 0 radical (unpaired) electrons. The monoisotopic (exact) mass is 277 g/mol. The van der Waals surface area contributed by atoms with Crippen molar-refractivity contribution < 1.29 is 9.59 Å². The summed E-state index contributed by atoms with van der Waals surface area (Å²) in [4.78, 5) is 33.4. The molecule has 0 aliphatic carbocycles. The zero-order chi connectivity index (χ0) is 13.0. The number of carbonyl (C=O) groups is 2. The Morgan fingerprint density at radius 3 is 2.59 bits per heavy atom. The topological polar surface area (TPSA) is 80.2 Å². The first-order chi connectivity index (χ1) is 7.90. The van der Waals surface area contributed by atoms with E-state index in [0.29, 0.717) is 0 Å². The summed E-state index contributed by atoms with van der Waals surface area (Å²) in [6, 6.07) is 1.29. The Kier molecular flexibility index (Phi) is 4.53. The van der Waals surface area contributed by atoms with Gasteiger partial charge in [0, 0.05) is 13.1 Å². The van der Waals surface area contributed by atoms with Gasteiger partial charge in [-0.2, -0.15) is 0 Å². The van der Waals surface area contributed by atoms with Gasteiger partial charge in [0.15, 0.2) is 0 Å². The first-order valence-corrected chi connectivity index (χ1v) is 5.26. The highest BCUT2D eigenvalue weighted by Gasteiger charge is 2.08. The molecule has 0 atom stereocenters. The molecule has 1 heterocycles. The summed E-state index contributed by atoms with van der Waals surface area (Å²) in [6.45, 7) is 0.947. The second-order valence-corrected chi connectivity index (χ2v) is 4.01. The average Bonchev–Trinajstić information content (AvgIpc) is 2.22. The number of nitrogens with zero attached hydrogens (tertiary/aromatic N) is 1. The third kappa shape index (κ3) is 4.08. The Hall–Kier alpha value is -1.53. The summed E-state index contributed by atoms with van der Waals surface area (Å²) in [5.41, 5.74) is 3.67. The lowest BCUT2D eigenvalue weighted by Crippen LogP contribution is -2.43. The van der Waals surface area contributed by atoms with Crippen molar-refractivity contribution in [3.8, 4) is 0 Å². The summed E-state index contributed by atoms with van der Waals surface area (Å²) >= 11 is 11.3. The Balaban J connectivity index is 2.78. The summed E-state index contributed by atoms with van der Waals surface area (Å²) in [5, 5.41) is 0.159. The molecule has 0 unspecified atom stereocenters. The molecule has 17 heavy (non-hydrogen) atoms. The van der Waals surface area contributed by atoms with Crippen molar-refractivity contribution in [2.45, 2.75) is 13.5 Å². The van der Waals surface area contributed by atoms with Crippen LogP contribution in [0.15, 0.2) is 17.1 Å². The van der Waals surface area contributed by atoms with Crippen LogP contribution < -0.4 is 16.4 Å². The van der Waals surface area contributed by atoms with E-state index in [4.69, 9.17) is 23.2 Å². The number of nitrogens with one attached hydrogen (secondary N) is 2. The predicted molar refractivity (Wildman–Crippen MR) is 62.7 cm³/mol. The fourth-order valence-electron chi connectivity index (χ4n) is 1.03. The van der Waals surface area contributed by atoms with Crippen LogP contribution in [0, 0.1) is 0 Å². The maximum absolute atomic E-state index is 11.5. The number of hydrazine groups is 1. The summed E-state index contributed by atoms with van der Waals surface area (Å²) < 4.78 is 1.04. The standard InChI is InChI=1S/C9H9Cl2N3O3/c1-5(15)12-13-8(16)4-14-3-6(10)2-7(11)9(14)17/h2-3H,4H2,1H3,(H,12,15)(H,13,16). The number of amides is 2. The van der Waals surface area contributed by atoms with E-state index in [0.717, 1.165) is 4.57 Å². The summed E-state index contributed by atoms with van der Waals surface area (Å²) in [5.74, 6) is -0.990. The van der Waals surface area contributed by atoms with Gasteiger partial charge in [-0.3, -0.25) is 25.2 Å². The van der Waals surface area contributed by atoms with Crippen LogP contribution in [0.4, 0.5) is 0 Å². The lowest BCUT2D eigenvalue weighted by atomic mass is 10.4. The van der Waals surface area contributed by atoms with Crippen LogP contribution in [-0.2, 0) is 16.1 Å². The van der Waals surface area contributed by atoms with Crippen molar-refractivity contribution in [2.24, 2.45) is 0 Å². The SMILES string of the molecule is CC(=O)NNC(=O)Cn1cc(Cl)cc(Cl)c1=O. The molecular formula is C9H9Cl2N3O3. The fourth-order valence-corrected chi connectivity index (χ4v) is 1.54. The molecule has 0 saturated heterocycles. The molecule has 0 spiro atoms. The van der Waals surface area contributed by atoms with Gasteiger partial charge in [-0.25, -0.2) is 0 Å². The molecular weight excluding hydrogens is 269 g/mol. The number of carbonyl (C=O) groups excluding carboxylic acids is 2. The Morgan fingerprint density at radius 1 is 1.35 bits per heavy atom. The number of halogens is 2. The predicted octanol–water partition coefficient (Wildman–Crippen LogP) is 0.322. The molecule has 2 amide bonds. The van der Waals surface area contributed by atoms with Crippen molar-refractivity contribution in [1.82, 2.24) is 15.4 Å². The van der Waals surface area contributed by atoms with Crippen LogP contribution in [0.1, 0.15) is 6.92 Å². The van der Waals surface area contributed by atoms with Crippen molar-refractivity contribution in [1.29, 1.82) is 0 Å². The maximum atomic E-state index is 11.5. The van der Waals surface area contributed by atoms with E-state index in [1.807, 2.05) is 0 Å². The maximum Gasteiger partial charge on any atom is 0.269 e. The normalized spacial score (nSPS) is 9.82. The minimum absolute atomic E-state index is 0.0789. The summed E-state index contributed by atoms with van der Waals surface area (Å²) in [7, 11) is 0. The molecule has 6 nitrogen and oxygen atoms in total. The second kappa shape index (κ2) is 5.70. The number of aromatic nitrogens is 1. The summed E-state index contributed by atoms with van der Waals surface area (Å²) in [6.07, 6.45) is 1.28. The molecule has 0 bridgehead atoms. The molecule has 1 rings (SSSR count). The quantitative estimate of drug-likeness (QED) is 0.765. The van der Waals surface area contributed by atoms with E-state index in [2.05, 4.69) is 10.9 Å². The Bertz CT molecular complexity index is 513. The molecule has 1 aromatic heterocycles. The van der Waals surface area contributed by atoms with Crippen molar-refractivity contribution in [3.63, 3.8) is 0 Å². The minimum atomic E-state index is -0.569. The van der Waals surface area contributed by atoms with Gasteiger partial charge < -0.3 is 4.57 Å². The van der Waals surface area contributed by atoms with Gasteiger partial charge in [0.1, 0.15) is 11.6 Å². The van der Waals surface area contributed by atoms with Gasteiger partial charge in [-0.05, 0) is 6.07 Å². The number of hydrogen-bond donors (Lipinski definition) is 2. The Morgan fingerprint density at radius 2 is 2.00 bits per heavy atom. The highest BCUT2D eigenvalue weighted by molar-refractivity contribution is 6.34. The van der Waals surface area contributed by atoms with Crippen LogP contribution in [-0.4, -0.2) is 16.4 Å². The lowest BCUT2D eigenvalue weighted by molar-refractivity contribution is -0.128. The molecule has 0 aromatic carbocycles. The van der Waals surface area contributed by atoms with Gasteiger partial charge in [-0.15, -0.1) is 0 Å². The fraction of sp³-hybridized carbons (Fsp3) is 0.222. The minimum Gasteiger partial charge on any atom is -0.303 e. The molecule has 0 aliphatic heterocycles. The van der Waals surface area contributed by atoms with Crippen molar-refractivity contribution >= 4 is 35.0 Å². The van der Waals surface area contributed by atoms with Crippen LogP contribution in [0.2, 0.25) is 10.0 Å².